The third-order valence-electron chi connectivity index (χ3n) is 5.12. The fourth-order valence-corrected chi connectivity index (χ4v) is 3.43. The van der Waals surface area contributed by atoms with Gasteiger partial charge in [0.15, 0.2) is 0 Å². The van der Waals surface area contributed by atoms with Crippen LogP contribution in [0.3, 0.4) is 0 Å². The molecule has 0 amide bonds. The maximum Gasteiger partial charge on any atom is 0.0967 e. The van der Waals surface area contributed by atoms with Crippen molar-refractivity contribution in [3.05, 3.63) is 59.5 Å². The molecule has 1 aromatic carbocycles. The molecule has 2 aliphatic rings. The third kappa shape index (κ3) is 2.33. The number of para-hydroxylation sites is 1. The van der Waals surface area contributed by atoms with Crippen molar-refractivity contribution in [2.45, 2.75) is 44.4 Å². The highest BCUT2D eigenvalue weighted by atomic mass is 15.3. The van der Waals surface area contributed by atoms with Crippen molar-refractivity contribution in [1.29, 1.82) is 0 Å². The van der Waals surface area contributed by atoms with E-state index in [0.29, 0.717) is 11.8 Å². The number of benzene rings is 1. The van der Waals surface area contributed by atoms with E-state index in [2.05, 4.69) is 40.4 Å². The standard InChI is InChI=1S/C20H20N4/c1-13-18(12-21-24(13)16-5-3-2-4-6-16)19-11-17(14-7-8-14)20(23-22-19)15-9-10-15/h2-6,11-12,14-15H,7-10H2,1H3. The molecule has 2 aliphatic carbocycles. The van der Waals surface area contributed by atoms with Gasteiger partial charge in [0.25, 0.3) is 0 Å². The summed E-state index contributed by atoms with van der Waals surface area (Å²) in [5, 5.41) is 13.7. The van der Waals surface area contributed by atoms with Crippen LogP contribution in [0, 0.1) is 6.92 Å². The van der Waals surface area contributed by atoms with Crippen LogP contribution in [0.1, 0.15) is 54.5 Å². The zero-order valence-corrected chi connectivity index (χ0v) is 13.8. The molecule has 0 aliphatic heterocycles. The number of nitrogens with zero attached hydrogens (tertiary/aromatic N) is 4. The Morgan fingerprint density at radius 3 is 2.42 bits per heavy atom. The average molecular weight is 316 g/mol. The van der Waals surface area contributed by atoms with Crippen LogP contribution in [-0.2, 0) is 0 Å². The molecule has 24 heavy (non-hydrogen) atoms. The second-order valence-corrected chi connectivity index (χ2v) is 7.01. The van der Waals surface area contributed by atoms with Crippen molar-refractivity contribution >= 4 is 0 Å². The third-order valence-corrected chi connectivity index (χ3v) is 5.12. The highest BCUT2D eigenvalue weighted by molar-refractivity contribution is 5.63. The zero-order valence-electron chi connectivity index (χ0n) is 13.8. The molecule has 5 rings (SSSR count). The van der Waals surface area contributed by atoms with Gasteiger partial charge in [-0.3, -0.25) is 0 Å². The van der Waals surface area contributed by atoms with Crippen LogP contribution in [0.15, 0.2) is 42.6 Å². The Kier molecular flexibility index (Phi) is 3.05. The summed E-state index contributed by atoms with van der Waals surface area (Å²) in [5.41, 5.74) is 6.92. The van der Waals surface area contributed by atoms with E-state index < -0.39 is 0 Å². The summed E-state index contributed by atoms with van der Waals surface area (Å²) < 4.78 is 1.97. The first-order valence-electron chi connectivity index (χ1n) is 8.79. The molecule has 2 heterocycles. The van der Waals surface area contributed by atoms with Crippen molar-refractivity contribution in [2.75, 3.05) is 0 Å². The zero-order chi connectivity index (χ0) is 16.1. The Morgan fingerprint density at radius 2 is 1.71 bits per heavy atom. The molecule has 0 N–H and O–H groups in total. The van der Waals surface area contributed by atoms with Crippen LogP contribution in [0.2, 0.25) is 0 Å². The van der Waals surface area contributed by atoms with Crippen molar-refractivity contribution in [2.24, 2.45) is 0 Å². The van der Waals surface area contributed by atoms with Gasteiger partial charge in [-0.25, -0.2) is 4.68 Å². The minimum absolute atomic E-state index is 0.662. The van der Waals surface area contributed by atoms with Gasteiger partial charge in [-0.05, 0) is 62.3 Å². The monoisotopic (exact) mass is 316 g/mol. The summed E-state index contributed by atoms with van der Waals surface area (Å²) in [4.78, 5) is 0. The molecular weight excluding hydrogens is 296 g/mol. The number of rotatable bonds is 4. The van der Waals surface area contributed by atoms with E-state index in [4.69, 9.17) is 0 Å². The molecule has 120 valence electrons. The van der Waals surface area contributed by atoms with Gasteiger partial charge in [0.1, 0.15) is 0 Å². The average Bonchev–Trinajstić information content (AvgIpc) is 3.53. The maximum atomic E-state index is 4.61. The first kappa shape index (κ1) is 13.9. The lowest BCUT2D eigenvalue weighted by Crippen LogP contribution is -2.01. The Balaban J connectivity index is 1.57. The predicted molar refractivity (Wildman–Crippen MR) is 93.3 cm³/mol. The van der Waals surface area contributed by atoms with E-state index in [1.165, 1.54) is 36.9 Å². The van der Waals surface area contributed by atoms with Gasteiger partial charge < -0.3 is 0 Å². The second kappa shape index (κ2) is 5.26. The molecule has 4 nitrogen and oxygen atoms in total. The van der Waals surface area contributed by atoms with Gasteiger partial charge in [0.05, 0.1) is 29.0 Å². The van der Waals surface area contributed by atoms with E-state index in [1.807, 2.05) is 29.1 Å². The van der Waals surface area contributed by atoms with Crippen LogP contribution in [-0.4, -0.2) is 20.0 Å². The summed E-state index contributed by atoms with van der Waals surface area (Å²) >= 11 is 0. The number of hydrogen-bond donors (Lipinski definition) is 0. The first-order valence-corrected chi connectivity index (χ1v) is 8.79. The van der Waals surface area contributed by atoms with Gasteiger partial charge in [-0.1, -0.05) is 18.2 Å². The quantitative estimate of drug-likeness (QED) is 0.717. The fourth-order valence-electron chi connectivity index (χ4n) is 3.43. The molecule has 2 fully saturated rings. The van der Waals surface area contributed by atoms with E-state index in [-0.39, 0.29) is 0 Å². The summed E-state index contributed by atoms with van der Waals surface area (Å²) in [7, 11) is 0. The molecule has 0 atom stereocenters. The molecule has 2 aromatic heterocycles. The minimum atomic E-state index is 0.662. The van der Waals surface area contributed by atoms with Crippen LogP contribution in [0.4, 0.5) is 0 Å². The molecule has 0 saturated heterocycles. The molecule has 0 radical (unpaired) electrons. The van der Waals surface area contributed by atoms with E-state index in [0.717, 1.165) is 22.6 Å². The summed E-state index contributed by atoms with van der Waals surface area (Å²) in [6.45, 7) is 2.10. The van der Waals surface area contributed by atoms with Gasteiger partial charge in [-0.2, -0.15) is 15.3 Å². The largest absolute Gasteiger partial charge is 0.237 e. The van der Waals surface area contributed by atoms with Crippen LogP contribution >= 0.6 is 0 Å². The Bertz CT molecular complexity index is 889. The van der Waals surface area contributed by atoms with Gasteiger partial charge in [0.2, 0.25) is 0 Å². The maximum absolute atomic E-state index is 4.61. The van der Waals surface area contributed by atoms with Crippen molar-refractivity contribution in [1.82, 2.24) is 20.0 Å². The molecule has 3 aromatic rings. The number of hydrogen-bond acceptors (Lipinski definition) is 3. The summed E-state index contributed by atoms with van der Waals surface area (Å²) in [6, 6.07) is 12.5. The van der Waals surface area contributed by atoms with E-state index in [1.54, 1.807) is 0 Å². The van der Waals surface area contributed by atoms with Crippen molar-refractivity contribution in [3.8, 4) is 16.9 Å². The fraction of sp³-hybridized carbons (Fsp3) is 0.350. The topological polar surface area (TPSA) is 43.6 Å². The van der Waals surface area contributed by atoms with Crippen molar-refractivity contribution in [3.63, 3.8) is 0 Å². The van der Waals surface area contributed by atoms with E-state index >= 15 is 0 Å². The Labute approximate surface area is 141 Å². The molecule has 0 bridgehead atoms. The highest BCUT2D eigenvalue weighted by Crippen LogP contribution is 2.48. The number of aromatic nitrogens is 4. The lowest BCUT2D eigenvalue weighted by molar-refractivity contribution is 0.846. The Hall–Kier alpha value is -2.49. The van der Waals surface area contributed by atoms with E-state index in [9.17, 15) is 0 Å². The molecule has 0 spiro atoms. The van der Waals surface area contributed by atoms with Gasteiger partial charge in [0, 0.05) is 11.5 Å². The SMILES string of the molecule is Cc1c(-c2cc(C3CC3)c(C3CC3)nn2)cnn1-c1ccccc1. The smallest absolute Gasteiger partial charge is 0.0967 e. The van der Waals surface area contributed by atoms with Crippen molar-refractivity contribution < 1.29 is 0 Å². The normalized spacial score (nSPS) is 17.2. The van der Waals surface area contributed by atoms with Gasteiger partial charge in [-0.15, -0.1) is 0 Å². The highest BCUT2D eigenvalue weighted by Gasteiger charge is 2.34. The lowest BCUT2D eigenvalue weighted by Gasteiger charge is -2.09. The first-order chi connectivity index (χ1) is 11.8. The molecule has 4 heteroatoms. The summed E-state index contributed by atoms with van der Waals surface area (Å²) in [6.07, 6.45) is 7.07. The van der Waals surface area contributed by atoms with Gasteiger partial charge >= 0.3 is 0 Å². The molecule has 0 unspecified atom stereocenters. The van der Waals surface area contributed by atoms with Crippen LogP contribution < -0.4 is 0 Å². The minimum Gasteiger partial charge on any atom is -0.237 e. The Morgan fingerprint density at radius 1 is 0.958 bits per heavy atom. The predicted octanol–water partition coefficient (Wildman–Crippen LogP) is 4.39. The molecule has 2 saturated carbocycles. The second-order valence-electron chi connectivity index (χ2n) is 7.01. The van der Waals surface area contributed by atoms with Crippen LogP contribution in [0.5, 0.6) is 0 Å². The summed E-state index contributed by atoms with van der Waals surface area (Å²) in [5.74, 6) is 1.37. The lowest BCUT2D eigenvalue weighted by atomic mass is 10.0. The van der Waals surface area contributed by atoms with Crippen LogP contribution in [0.25, 0.3) is 16.9 Å². The molecular formula is C20H20N4.